The molecule has 1 fully saturated rings. The SMILES string of the molecule is CCNCC1CCC(C)CC1Cc1c(Cl)c(CC)nn1C. The van der Waals surface area contributed by atoms with Gasteiger partial charge in [-0.15, -0.1) is 0 Å². The molecule has 0 bridgehead atoms. The molecule has 2 rings (SSSR count). The lowest BCUT2D eigenvalue weighted by atomic mass is 9.72. The normalized spacial score (nSPS) is 26.2. The molecule has 0 aromatic carbocycles. The highest BCUT2D eigenvalue weighted by atomic mass is 35.5. The maximum absolute atomic E-state index is 6.54. The van der Waals surface area contributed by atoms with E-state index in [0.29, 0.717) is 0 Å². The Morgan fingerprint density at radius 2 is 2.05 bits per heavy atom. The van der Waals surface area contributed by atoms with E-state index in [1.54, 1.807) is 0 Å². The molecular weight excluding hydrogens is 282 g/mol. The molecule has 0 radical (unpaired) electrons. The Morgan fingerprint density at radius 3 is 2.67 bits per heavy atom. The van der Waals surface area contributed by atoms with E-state index in [-0.39, 0.29) is 0 Å². The van der Waals surface area contributed by atoms with Crippen LogP contribution in [-0.2, 0) is 19.9 Å². The van der Waals surface area contributed by atoms with Crippen molar-refractivity contribution in [2.45, 2.75) is 52.9 Å². The van der Waals surface area contributed by atoms with Gasteiger partial charge in [0.05, 0.1) is 16.4 Å². The molecule has 0 aliphatic heterocycles. The van der Waals surface area contributed by atoms with Crippen LogP contribution in [0.5, 0.6) is 0 Å². The van der Waals surface area contributed by atoms with E-state index in [4.69, 9.17) is 11.6 Å². The van der Waals surface area contributed by atoms with E-state index in [0.717, 1.165) is 54.4 Å². The van der Waals surface area contributed by atoms with Gasteiger partial charge < -0.3 is 5.32 Å². The molecule has 1 heterocycles. The molecule has 4 heteroatoms. The highest BCUT2D eigenvalue weighted by Crippen LogP contribution is 2.37. The number of hydrogen-bond donors (Lipinski definition) is 1. The van der Waals surface area contributed by atoms with Gasteiger partial charge in [0.25, 0.3) is 0 Å². The van der Waals surface area contributed by atoms with Crippen molar-refractivity contribution in [2.24, 2.45) is 24.8 Å². The lowest BCUT2D eigenvalue weighted by molar-refractivity contribution is 0.182. The predicted octanol–water partition coefficient (Wildman–Crippen LogP) is 3.84. The molecule has 1 aromatic heterocycles. The minimum absolute atomic E-state index is 0.727. The van der Waals surface area contributed by atoms with E-state index < -0.39 is 0 Å². The molecule has 1 saturated carbocycles. The van der Waals surface area contributed by atoms with Crippen molar-refractivity contribution in [1.82, 2.24) is 15.1 Å². The Bertz CT molecular complexity index is 453. The van der Waals surface area contributed by atoms with Crippen LogP contribution in [0.3, 0.4) is 0 Å². The Kier molecular flexibility index (Phi) is 6.12. The third kappa shape index (κ3) is 4.01. The minimum Gasteiger partial charge on any atom is -0.317 e. The van der Waals surface area contributed by atoms with E-state index in [9.17, 15) is 0 Å². The molecule has 120 valence electrons. The van der Waals surface area contributed by atoms with Crippen molar-refractivity contribution < 1.29 is 0 Å². The van der Waals surface area contributed by atoms with E-state index in [1.807, 2.05) is 11.7 Å². The topological polar surface area (TPSA) is 29.9 Å². The standard InChI is InChI=1S/C17H30ClN3/c1-5-15-17(18)16(21(4)20-15)10-14-9-12(3)7-8-13(14)11-19-6-2/h12-14,19H,5-11H2,1-4H3. The van der Waals surface area contributed by atoms with Gasteiger partial charge in [0.2, 0.25) is 0 Å². The maximum atomic E-state index is 6.54. The second-order valence-electron chi connectivity index (χ2n) is 6.63. The van der Waals surface area contributed by atoms with E-state index in [2.05, 4.69) is 31.2 Å². The highest BCUT2D eigenvalue weighted by molar-refractivity contribution is 6.31. The monoisotopic (exact) mass is 311 g/mol. The van der Waals surface area contributed by atoms with Gasteiger partial charge in [0.1, 0.15) is 0 Å². The smallest absolute Gasteiger partial charge is 0.0849 e. The maximum Gasteiger partial charge on any atom is 0.0849 e. The van der Waals surface area contributed by atoms with Crippen LogP contribution in [0, 0.1) is 17.8 Å². The molecular formula is C17H30ClN3. The van der Waals surface area contributed by atoms with Gasteiger partial charge in [-0.05, 0) is 56.5 Å². The number of aromatic nitrogens is 2. The summed E-state index contributed by atoms with van der Waals surface area (Å²) < 4.78 is 2.00. The molecule has 21 heavy (non-hydrogen) atoms. The molecule has 1 aromatic rings. The largest absolute Gasteiger partial charge is 0.317 e. The fourth-order valence-corrected chi connectivity index (χ4v) is 4.07. The van der Waals surface area contributed by atoms with Crippen LogP contribution >= 0.6 is 11.6 Å². The lowest BCUT2D eigenvalue weighted by Gasteiger charge is -2.35. The van der Waals surface area contributed by atoms with E-state index in [1.165, 1.54) is 25.0 Å². The molecule has 0 saturated heterocycles. The number of hydrogen-bond acceptors (Lipinski definition) is 2. The highest BCUT2D eigenvalue weighted by Gasteiger charge is 2.30. The molecule has 1 aliphatic rings. The zero-order chi connectivity index (χ0) is 15.4. The second kappa shape index (κ2) is 7.64. The van der Waals surface area contributed by atoms with Gasteiger partial charge >= 0.3 is 0 Å². The Labute approximate surface area is 134 Å². The summed E-state index contributed by atoms with van der Waals surface area (Å²) in [5.74, 6) is 2.34. The number of nitrogens with zero attached hydrogens (tertiary/aromatic N) is 2. The van der Waals surface area contributed by atoms with Crippen molar-refractivity contribution in [3.63, 3.8) is 0 Å². The summed E-state index contributed by atoms with van der Waals surface area (Å²) in [5.41, 5.74) is 2.27. The van der Waals surface area contributed by atoms with Crippen molar-refractivity contribution in [3.05, 3.63) is 16.4 Å². The number of rotatable bonds is 6. The van der Waals surface area contributed by atoms with Crippen LogP contribution in [0.2, 0.25) is 5.02 Å². The summed E-state index contributed by atoms with van der Waals surface area (Å²) in [6, 6.07) is 0. The first-order chi connectivity index (χ1) is 10.1. The quantitative estimate of drug-likeness (QED) is 0.865. The van der Waals surface area contributed by atoms with Gasteiger partial charge in [-0.2, -0.15) is 5.10 Å². The van der Waals surface area contributed by atoms with Gasteiger partial charge in [-0.3, -0.25) is 4.68 Å². The lowest BCUT2D eigenvalue weighted by Crippen LogP contribution is -2.34. The average Bonchev–Trinajstić information content (AvgIpc) is 2.74. The number of aryl methyl sites for hydroxylation is 2. The first kappa shape index (κ1) is 16.8. The van der Waals surface area contributed by atoms with Crippen molar-refractivity contribution in [2.75, 3.05) is 13.1 Å². The fourth-order valence-electron chi connectivity index (χ4n) is 3.70. The number of halogens is 1. The minimum atomic E-state index is 0.727. The van der Waals surface area contributed by atoms with Crippen molar-refractivity contribution >= 4 is 11.6 Å². The van der Waals surface area contributed by atoms with Crippen LogP contribution in [0.1, 0.15) is 51.4 Å². The van der Waals surface area contributed by atoms with Crippen molar-refractivity contribution in [1.29, 1.82) is 0 Å². The summed E-state index contributed by atoms with van der Waals surface area (Å²) in [4.78, 5) is 0. The van der Waals surface area contributed by atoms with Crippen LogP contribution < -0.4 is 5.32 Å². The van der Waals surface area contributed by atoms with Gasteiger partial charge in [-0.1, -0.05) is 38.8 Å². The van der Waals surface area contributed by atoms with Gasteiger partial charge in [-0.25, -0.2) is 0 Å². The van der Waals surface area contributed by atoms with Crippen LogP contribution in [-0.4, -0.2) is 22.9 Å². The zero-order valence-corrected chi connectivity index (χ0v) is 14.7. The van der Waals surface area contributed by atoms with Gasteiger partial charge in [0.15, 0.2) is 0 Å². The zero-order valence-electron chi connectivity index (χ0n) is 14.0. The molecule has 0 amide bonds. The Morgan fingerprint density at radius 1 is 1.29 bits per heavy atom. The summed E-state index contributed by atoms with van der Waals surface area (Å²) in [5, 5.41) is 9.01. The van der Waals surface area contributed by atoms with Crippen LogP contribution in [0.4, 0.5) is 0 Å². The second-order valence-corrected chi connectivity index (χ2v) is 7.01. The fraction of sp³-hybridized carbons (Fsp3) is 0.824. The molecule has 3 unspecified atom stereocenters. The predicted molar refractivity (Wildman–Crippen MR) is 89.8 cm³/mol. The number of nitrogens with one attached hydrogen (secondary N) is 1. The molecule has 0 spiro atoms. The Balaban J connectivity index is 2.12. The van der Waals surface area contributed by atoms with Gasteiger partial charge in [0, 0.05) is 7.05 Å². The third-order valence-electron chi connectivity index (χ3n) is 5.02. The summed E-state index contributed by atoms with van der Waals surface area (Å²) in [6.07, 6.45) is 6.01. The Hall–Kier alpha value is -0.540. The molecule has 3 nitrogen and oxygen atoms in total. The first-order valence-corrected chi connectivity index (χ1v) is 8.85. The third-order valence-corrected chi connectivity index (χ3v) is 5.45. The first-order valence-electron chi connectivity index (χ1n) is 8.47. The summed E-state index contributed by atoms with van der Waals surface area (Å²) >= 11 is 6.54. The average molecular weight is 312 g/mol. The molecule has 1 aliphatic carbocycles. The summed E-state index contributed by atoms with van der Waals surface area (Å²) in [7, 11) is 2.03. The summed E-state index contributed by atoms with van der Waals surface area (Å²) in [6.45, 7) is 8.90. The van der Waals surface area contributed by atoms with E-state index >= 15 is 0 Å². The van der Waals surface area contributed by atoms with Crippen molar-refractivity contribution in [3.8, 4) is 0 Å². The van der Waals surface area contributed by atoms with Crippen LogP contribution in [0.15, 0.2) is 0 Å². The molecule has 1 N–H and O–H groups in total. The van der Waals surface area contributed by atoms with Crippen LogP contribution in [0.25, 0.3) is 0 Å². The molecule has 3 atom stereocenters.